The summed E-state index contributed by atoms with van der Waals surface area (Å²) >= 11 is 0. The van der Waals surface area contributed by atoms with E-state index >= 15 is 0 Å². The highest BCUT2D eigenvalue weighted by molar-refractivity contribution is 6.01. The molecule has 0 saturated carbocycles. The number of carbonyl (C=O) groups is 1. The fraction of sp³-hybridized carbons (Fsp3) is 0.182. The molecule has 3 aromatic rings. The Bertz CT molecular complexity index is 953. The zero-order valence-corrected chi connectivity index (χ0v) is 14.8. The lowest BCUT2D eigenvalue weighted by Crippen LogP contribution is -2.29. The summed E-state index contributed by atoms with van der Waals surface area (Å²) in [5.41, 5.74) is 3.83. The number of benzene rings is 2. The fourth-order valence-electron chi connectivity index (χ4n) is 3.39. The van der Waals surface area contributed by atoms with E-state index in [2.05, 4.69) is 31.2 Å². The summed E-state index contributed by atoms with van der Waals surface area (Å²) in [6.07, 6.45) is 3.80. The number of methoxy groups -OCH3 is 1. The minimum absolute atomic E-state index is 0.0486. The molecule has 0 unspecified atom stereocenters. The second kappa shape index (κ2) is 6.64. The maximum Gasteiger partial charge on any atom is 0.188 e. The highest BCUT2D eigenvalue weighted by Gasteiger charge is 2.34. The second-order valence-electron chi connectivity index (χ2n) is 6.51. The van der Waals surface area contributed by atoms with Crippen molar-refractivity contribution >= 4 is 12.0 Å². The molecule has 1 aliphatic rings. The minimum Gasteiger partial charge on any atom is -0.497 e. The van der Waals surface area contributed by atoms with Crippen LogP contribution in [-0.4, -0.2) is 23.7 Å². The Morgan fingerprint density at radius 3 is 2.46 bits per heavy atom. The van der Waals surface area contributed by atoms with E-state index in [1.54, 1.807) is 7.11 Å². The van der Waals surface area contributed by atoms with Crippen LogP contribution in [0, 0.1) is 6.92 Å². The largest absolute Gasteiger partial charge is 0.497 e. The van der Waals surface area contributed by atoms with Gasteiger partial charge in [0.25, 0.3) is 0 Å². The molecule has 0 spiro atoms. The lowest BCUT2D eigenvalue weighted by Gasteiger charge is -2.29. The third-order valence-electron chi connectivity index (χ3n) is 4.84. The summed E-state index contributed by atoms with van der Waals surface area (Å²) < 4.78 is 7.22. The zero-order valence-electron chi connectivity index (χ0n) is 14.8. The van der Waals surface area contributed by atoms with Gasteiger partial charge in [-0.1, -0.05) is 29.8 Å². The van der Waals surface area contributed by atoms with Crippen molar-refractivity contribution < 1.29 is 9.53 Å². The van der Waals surface area contributed by atoms with Gasteiger partial charge in [-0.2, -0.15) is 0 Å². The van der Waals surface area contributed by atoms with Gasteiger partial charge in [0.15, 0.2) is 5.78 Å². The van der Waals surface area contributed by atoms with Gasteiger partial charge in [0, 0.05) is 18.0 Å². The Morgan fingerprint density at radius 1 is 1.04 bits per heavy atom. The average Bonchev–Trinajstić information content (AvgIpc) is 3.16. The molecule has 4 heteroatoms. The summed E-state index contributed by atoms with van der Waals surface area (Å²) in [5, 5.41) is 0. The molecular weight excluding hydrogens is 324 g/mol. The summed E-state index contributed by atoms with van der Waals surface area (Å²) in [6, 6.07) is 18.8. The molecule has 1 aliphatic heterocycles. The van der Waals surface area contributed by atoms with Crippen molar-refractivity contribution in [2.45, 2.75) is 19.0 Å². The summed E-state index contributed by atoms with van der Waals surface area (Å²) in [6.45, 7) is 2.05. The van der Waals surface area contributed by atoms with Crippen molar-refractivity contribution in [2.75, 3.05) is 7.11 Å². The molecule has 4 nitrogen and oxygen atoms in total. The van der Waals surface area contributed by atoms with E-state index in [9.17, 15) is 4.79 Å². The van der Waals surface area contributed by atoms with Gasteiger partial charge in [0.1, 0.15) is 17.8 Å². The molecule has 0 fully saturated rings. The molecule has 0 aliphatic carbocycles. The van der Waals surface area contributed by atoms with Crippen molar-refractivity contribution in [3.63, 3.8) is 0 Å². The first-order valence-corrected chi connectivity index (χ1v) is 8.62. The molecular formula is C22H20N2O2. The van der Waals surface area contributed by atoms with Crippen LogP contribution in [0.15, 0.2) is 71.9 Å². The number of aromatic nitrogens is 1. The van der Waals surface area contributed by atoms with Crippen LogP contribution in [0.5, 0.6) is 5.75 Å². The standard InChI is InChI=1S/C22H20N2O2/c1-15-5-7-16(8-6-15)20-21(24-13-3-4-18(24)14-23-20)22(25)17-9-11-19(26-2)12-10-17/h3-14,20-21H,1-2H3/t20-,21+/m1/s1. The van der Waals surface area contributed by atoms with E-state index in [0.29, 0.717) is 5.56 Å². The number of Topliss-reactive ketones (excluding diaryl/α,β-unsaturated/α-hetero) is 1. The number of hydrogen-bond donors (Lipinski definition) is 0. The van der Waals surface area contributed by atoms with Gasteiger partial charge < -0.3 is 9.30 Å². The number of fused-ring (bicyclic) bond motifs is 1. The van der Waals surface area contributed by atoms with Crippen molar-refractivity contribution in [1.82, 2.24) is 4.57 Å². The Kier molecular flexibility index (Phi) is 4.17. The molecule has 0 bridgehead atoms. The predicted molar refractivity (Wildman–Crippen MR) is 102 cm³/mol. The Labute approximate surface area is 152 Å². The summed E-state index contributed by atoms with van der Waals surface area (Å²) in [4.78, 5) is 18.1. The Morgan fingerprint density at radius 2 is 1.77 bits per heavy atom. The number of carbonyl (C=O) groups excluding carboxylic acids is 1. The van der Waals surface area contributed by atoms with Crippen molar-refractivity contribution in [2.24, 2.45) is 4.99 Å². The molecule has 0 radical (unpaired) electrons. The van der Waals surface area contributed by atoms with Crippen molar-refractivity contribution in [3.05, 3.63) is 89.2 Å². The molecule has 4 rings (SSSR count). The zero-order chi connectivity index (χ0) is 18.1. The molecule has 2 atom stereocenters. The van der Waals surface area contributed by atoms with Crippen molar-refractivity contribution in [1.29, 1.82) is 0 Å². The SMILES string of the molecule is COc1ccc(C(=O)[C@@H]2[C@@H](c3ccc(C)cc3)N=Cc3cccn32)cc1. The van der Waals surface area contributed by atoms with Crippen LogP contribution in [0.3, 0.4) is 0 Å². The first-order valence-electron chi connectivity index (χ1n) is 8.62. The van der Waals surface area contributed by atoms with Crippen LogP contribution in [0.1, 0.15) is 39.3 Å². The molecule has 0 saturated heterocycles. The summed E-state index contributed by atoms with van der Waals surface area (Å²) in [7, 11) is 1.62. The average molecular weight is 344 g/mol. The van der Waals surface area contributed by atoms with Gasteiger partial charge in [-0.15, -0.1) is 0 Å². The molecule has 130 valence electrons. The number of ketones is 1. The van der Waals surface area contributed by atoms with E-state index < -0.39 is 6.04 Å². The predicted octanol–water partition coefficient (Wildman–Crippen LogP) is 4.40. The quantitative estimate of drug-likeness (QED) is 0.658. The number of aliphatic imine (C=N–C) groups is 1. The van der Waals surface area contributed by atoms with Crippen LogP contribution in [-0.2, 0) is 0 Å². The van der Waals surface area contributed by atoms with E-state index in [1.807, 2.05) is 53.4 Å². The van der Waals surface area contributed by atoms with Crippen LogP contribution in [0.2, 0.25) is 0 Å². The van der Waals surface area contributed by atoms with E-state index in [4.69, 9.17) is 9.73 Å². The fourth-order valence-corrected chi connectivity index (χ4v) is 3.39. The summed E-state index contributed by atoms with van der Waals surface area (Å²) in [5.74, 6) is 0.785. The Balaban J connectivity index is 1.76. The second-order valence-corrected chi connectivity index (χ2v) is 6.51. The van der Waals surface area contributed by atoms with Gasteiger partial charge >= 0.3 is 0 Å². The first-order chi connectivity index (χ1) is 12.7. The monoisotopic (exact) mass is 344 g/mol. The molecule has 2 aromatic carbocycles. The number of aryl methyl sites for hydroxylation is 1. The van der Waals surface area contributed by atoms with Gasteiger partial charge in [0.05, 0.1) is 12.8 Å². The van der Waals surface area contributed by atoms with Crippen molar-refractivity contribution in [3.8, 4) is 5.75 Å². The van der Waals surface area contributed by atoms with Gasteiger partial charge in [0.2, 0.25) is 0 Å². The van der Waals surface area contributed by atoms with Gasteiger partial charge in [-0.25, -0.2) is 0 Å². The van der Waals surface area contributed by atoms with Gasteiger partial charge in [-0.3, -0.25) is 9.79 Å². The molecule has 26 heavy (non-hydrogen) atoms. The van der Waals surface area contributed by atoms with Crippen LogP contribution in [0.25, 0.3) is 0 Å². The van der Waals surface area contributed by atoms with E-state index in [0.717, 1.165) is 17.0 Å². The molecule has 2 heterocycles. The third kappa shape index (κ3) is 2.84. The highest BCUT2D eigenvalue weighted by Crippen LogP contribution is 2.36. The maximum atomic E-state index is 13.4. The van der Waals surface area contributed by atoms with Crippen LogP contribution >= 0.6 is 0 Å². The first kappa shape index (κ1) is 16.3. The molecule has 1 aromatic heterocycles. The minimum atomic E-state index is -0.402. The van der Waals surface area contributed by atoms with Crippen LogP contribution < -0.4 is 4.74 Å². The number of ether oxygens (including phenoxy) is 1. The molecule has 0 amide bonds. The maximum absolute atomic E-state index is 13.4. The topological polar surface area (TPSA) is 43.6 Å². The Hall–Kier alpha value is -3.14. The third-order valence-corrected chi connectivity index (χ3v) is 4.84. The number of rotatable bonds is 4. The van der Waals surface area contributed by atoms with E-state index in [-0.39, 0.29) is 11.8 Å². The smallest absolute Gasteiger partial charge is 0.188 e. The lowest BCUT2D eigenvalue weighted by atomic mass is 9.91. The number of nitrogens with zero attached hydrogens (tertiary/aromatic N) is 2. The van der Waals surface area contributed by atoms with Crippen LogP contribution in [0.4, 0.5) is 0 Å². The highest BCUT2D eigenvalue weighted by atomic mass is 16.5. The normalized spacial score (nSPS) is 18.4. The van der Waals surface area contributed by atoms with Gasteiger partial charge in [-0.05, 0) is 48.9 Å². The van der Waals surface area contributed by atoms with E-state index in [1.165, 1.54) is 5.56 Å². The number of hydrogen-bond acceptors (Lipinski definition) is 3. The molecule has 0 N–H and O–H groups in total. The lowest BCUT2D eigenvalue weighted by molar-refractivity contribution is 0.0905.